The Balaban J connectivity index is 1.66. The highest BCUT2D eigenvalue weighted by Crippen LogP contribution is 2.31. The number of rotatable bonds is 4. The van der Waals surface area contributed by atoms with Crippen LogP contribution in [0.4, 0.5) is 4.79 Å². The number of carbonyl (C=O) groups excluding carboxylic acids is 3. The first-order chi connectivity index (χ1) is 11.5. The van der Waals surface area contributed by atoms with Gasteiger partial charge < -0.3 is 4.74 Å². The van der Waals surface area contributed by atoms with Crippen LogP contribution in [0.1, 0.15) is 37.7 Å². The smallest absolute Gasteiger partial charge is 0.311 e. The maximum atomic E-state index is 12.0. The summed E-state index contributed by atoms with van der Waals surface area (Å²) in [5.41, 5.74) is 0.583. The molecule has 0 bridgehead atoms. The molecule has 1 N–H and O–H groups in total. The number of ether oxygens (including phenoxy) is 1. The van der Waals surface area contributed by atoms with E-state index in [1.807, 2.05) is 0 Å². The third kappa shape index (κ3) is 4.19. The Labute approximate surface area is 148 Å². The van der Waals surface area contributed by atoms with E-state index in [1.165, 1.54) is 18.9 Å². The van der Waals surface area contributed by atoms with Crippen LogP contribution in [0.2, 0.25) is 5.02 Å². The summed E-state index contributed by atoms with van der Waals surface area (Å²) >= 11 is 7.01. The molecule has 126 valence electrons. The van der Waals surface area contributed by atoms with Gasteiger partial charge in [-0.25, -0.2) is 0 Å². The van der Waals surface area contributed by atoms with Crippen molar-refractivity contribution in [3.05, 3.63) is 33.7 Å². The Morgan fingerprint density at radius 1 is 1.33 bits per heavy atom. The van der Waals surface area contributed by atoms with E-state index in [0.717, 1.165) is 24.6 Å². The second kappa shape index (κ2) is 7.40. The average Bonchev–Trinajstić information content (AvgIpc) is 3.12. The molecule has 3 rings (SSSR count). The van der Waals surface area contributed by atoms with Crippen molar-refractivity contribution in [1.29, 1.82) is 0 Å². The number of esters is 1. The first kappa shape index (κ1) is 17.0. The van der Waals surface area contributed by atoms with Gasteiger partial charge in [0, 0.05) is 12.5 Å². The molecule has 0 atom stereocenters. The molecule has 1 aliphatic carbocycles. The van der Waals surface area contributed by atoms with Crippen molar-refractivity contribution >= 4 is 46.6 Å². The minimum absolute atomic E-state index is 0.250. The first-order valence-electron chi connectivity index (χ1n) is 7.76. The molecule has 1 aliphatic heterocycles. The Hall–Kier alpha value is -1.79. The van der Waals surface area contributed by atoms with Crippen molar-refractivity contribution in [1.82, 2.24) is 5.32 Å². The lowest BCUT2D eigenvalue weighted by molar-refractivity contribution is -0.135. The van der Waals surface area contributed by atoms with E-state index >= 15 is 0 Å². The second-order valence-electron chi connectivity index (χ2n) is 5.86. The fourth-order valence-corrected chi connectivity index (χ4v) is 3.77. The van der Waals surface area contributed by atoms with Gasteiger partial charge in [-0.2, -0.15) is 0 Å². The van der Waals surface area contributed by atoms with Gasteiger partial charge in [-0.05, 0) is 54.3 Å². The predicted octanol–water partition coefficient (Wildman–Crippen LogP) is 4.15. The van der Waals surface area contributed by atoms with Gasteiger partial charge in [-0.15, -0.1) is 0 Å². The van der Waals surface area contributed by atoms with Gasteiger partial charge in [0.15, 0.2) is 0 Å². The SMILES string of the molecule is O=C(CC1CCCC1)Oc1ccc(C=C2SC(=O)NC2=O)c(Cl)c1. The monoisotopic (exact) mass is 365 g/mol. The lowest BCUT2D eigenvalue weighted by Crippen LogP contribution is -2.17. The lowest BCUT2D eigenvalue weighted by atomic mass is 10.0. The fourth-order valence-electron chi connectivity index (χ4n) is 2.87. The van der Waals surface area contributed by atoms with Gasteiger partial charge in [0.05, 0.1) is 9.93 Å². The highest BCUT2D eigenvalue weighted by molar-refractivity contribution is 8.18. The summed E-state index contributed by atoms with van der Waals surface area (Å²) in [5, 5.41) is 2.13. The van der Waals surface area contributed by atoms with Crippen molar-refractivity contribution in [3.63, 3.8) is 0 Å². The third-order valence-electron chi connectivity index (χ3n) is 4.06. The van der Waals surface area contributed by atoms with Gasteiger partial charge in [-0.1, -0.05) is 24.4 Å². The first-order valence-corrected chi connectivity index (χ1v) is 8.96. The summed E-state index contributed by atoms with van der Waals surface area (Å²) in [4.78, 5) is 34.9. The minimum atomic E-state index is -0.437. The molecular weight excluding hydrogens is 350 g/mol. The maximum absolute atomic E-state index is 12.0. The van der Waals surface area contributed by atoms with Crippen LogP contribution in [0.25, 0.3) is 6.08 Å². The zero-order chi connectivity index (χ0) is 17.1. The van der Waals surface area contributed by atoms with Crippen molar-refractivity contribution in [2.75, 3.05) is 0 Å². The fraction of sp³-hybridized carbons (Fsp3) is 0.353. The second-order valence-corrected chi connectivity index (χ2v) is 7.29. The Kier molecular flexibility index (Phi) is 5.26. The number of carbonyl (C=O) groups is 3. The predicted molar refractivity (Wildman–Crippen MR) is 92.8 cm³/mol. The number of hydrogen-bond acceptors (Lipinski definition) is 5. The highest BCUT2D eigenvalue weighted by atomic mass is 35.5. The number of hydrogen-bond donors (Lipinski definition) is 1. The Morgan fingerprint density at radius 3 is 2.71 bits per heavy atom. The third-order valence-corrected chi connectivity index (χ3v) is 5.20. The summed E-state index contributed by atoms with van der Waals surface area (Å²) in [5.74, 6) is 0.116. The molecule has 2 fully saturated rings. The molecule has 24 heavy (non-hydrogen) atoms. The molecule has 1 saturated carbocycles. The summed E-state index contributed by atoms with van der Waals surface area (Å²) < 4.78 is 5.34. The van der Waals surface area contributed by atoms with Crippen LogP contribution in [0, 0.1) is 5.92 Å². The van der Waals surface area contributed by atoms with Gasteiger partial charge in [-0.3, -0.25) is 19.7 Å². The van der Waals surface area contributed by atoms with E-state index < -0.39 is 11.1 Å². The van der Waals surface area contributed by atoms with E-state index in [1.54, 1.807) is 18.2 Å². The number of nitrogens with one attached hydrogen (secondary N) is 1. The molecular formula is C17H16ClNO4S. The normalized spacial score (nSPS) is 19.8. The largest absolute Gasteiger partial charge is 0.426 e. The molecule has 1 aromatic rings. The molecule has 2 amide bonds. The van der Waals surface area contributed by atoms with E-state index in [-0.39, 0.29) is 10.9 Å². The minimum Gasteiger partial charge on any atom is -0.426 e. The van der Waals surface area contributed by atoms with Crippen molar-refractivity contribution in [2.45, 2.75) is 32.1 Å². The summed E-state index contributed by atoms with van der Waals surface area (Å²) in [7, 11) is 0. The average molecular weight is 366 g/mol. The Bertz CT molecular complexity index is 725. The van der Waals surface area contributed by atoms with Crippen LogP contribution in [-0.4, -0.2) is 17.1 Å². The molecule has 2 aliphatic rings. The summed E-state index contributed by atoms with van der Waals surface area (Å²) in [6.45, 7) is 0. The summed E-state index contributed by atoms with van der Waals surface area (Å²) in [6.07, 6.45) is 6.50. The molecule has 1 heterocycles. The summed E-state index contributed by atoms with van der Waals surface area (Å²) in [6, 6.07) is 4.83. The van der Waals surface area contributed by atoms with Gasteiger partial charge in [0.1, 0.15) is 5.75 Å². The molecule has 0 unspecified atom stereocenters. The zero-order valence-electron chi connectivity index (χ0n) is 12.8. The van der Waals surface area contributed by atoms with E-state index in [9.17, 15) is 14.4 Å². The Morgan fingerprint density at radius 2 is 2.08 bits per heavy atom. The van der Waals surface area contributed by atoms with Crippen LogP contribution in [0.5, 0.6) is 5.75 Å². The van der Waals surface area contributed by atoms with Gasteiger partial charge in [0.25, 0.3) is 11.1 Å². The lowest BCUT2D eigenvalue weighted by Gasteiger charge is -2.09. The molecule has 1 saturated heterocycles. The van der Waals surface area contributed by atoms with Crippen LogP contribution in [0.15, 0.2) is 23.1 Å². The van der Waals surface area contributed by atoms with Crippen molar-refractivity contribution < 1.29 is 19.1 Å². The van der Waals surface area contributed by atoms with Crippen LogP contribution >= 0.6 is 23.4 Å². The standard InChI is InChI=1S/C17H16ClNO4S/c18-13-9-12(23-15(20)7-10-3-1-2-4-10)6-5-11(13)8-14-16(21)19-17(22)24-14/h5-6,8-10H,1-4,7H2,(H,19,21,22). The highest BCUT2D eigenvalue weighted by Gasteiger charge is 2.25. The van der Waals surface area contributed by atoms with Crippen molar-refractivity contribution in [3.8, 4) is 5.75 Å². The number of amides is 2. The number of thioether (sulfide) groups is 1. The number of imide groups is 1. The van der Waals surface area contributed by atoms with E-state index in [2.05, 4.69) is 5.32 Å². The molecule has 5 nitrogen and oxygen atoms in total. The van der Waals surface area contributed by atoms with Crippen LogP contribution in [0.3, 0.4) is 0 Å². The van der Waals surface area contributed by atoms with Crippen LogP contribution in [-0.2, 0) is 9.59 Å². The van der Waals surface area contributed by atoms with E-state index in [4.69, 9.17) is 16.3 Å². The maximum Gasteiger partial charge on any atom is 0.311 e. The van der Waals surface area contributed by atoms with Crippen molar-refractivity contribution in [2.24, 2.45) is 5.92 Å². The van der Waals surface area contributed by atoms with E-state index in [0.29, 0.717) is 28.7 Å². The quantitative estimate of drug-likeness (QED) is 0.493. The van der Waals surface area contributed by atoms with Crippen LogP contribution < -0.4 is 10.1 Å². The topological polar surface area (TPSA) is 72.5 Å². The molecule has 7 heteroatoms. The molecule has 0 radical (unpaired) electrons. The van der Waals surface area contributed by atoms with Gasteiger partial charge >= 0.3 is 5.97 Å². The molecule has 1 aromatic carbocycles. The zero-order valence-corrected chi connectivity index (χ0v) is 14.4. The number of halogens is 1. The number of benzene rings is 1. The van der Waals surface area contributed by atoms with Gasteiger partial charge in [0.2, 0.25) is 0 Å². The molecule has 0 aromatic heterocycles. The molecule has 0 spiro atoms.